The molecule has 1 aliphatic carbocycles. The van der Waals surface area contributed by atoms with Crippen molar-refractivity contribution in [2.75, 3.05) is 6.61 Å². The van der Waals surface area contributed by atoms with Gasteiger partial charge in [0.2, 0.25) is 0 Å². The molecule has 4 rings (SSSR count). The van der Waals surface area contributed by atoms with E-state index >= 15 is 0 Å². The van der Waals surface area contributed by atoms with Crippen LogP contribution in [0.1, 0.15) is 46.9 Å². The molecule has 3 N–H and O–H groups in total. The van der Waals surface area contributed by atoms with E-state index in [9.17, 15) is 19.5 Å². The van der Waals surface area contributed by atoms with Crippen LogP contribution < -0.4 is 10.6 Å². The third-order valence-electron chi connectivity index (χ3n) is 6.27. The van der Waals surface area contributed by atoms with Crippen molar-refractivity contribution in [1.82, 2.24) is 20.4 Å². The van der Waals surface area contributed by atoms with Gasteiger partial charge in [-0.25, -0.2) is 9.59 Å². The molecule has 2 amide bonds. The summed E-state index contributed by atoms with van der Waals surface area (Å²) >= 11 is 0. The van der Waals surface area contributed by atoms with Crippen LogP contribution in [0.15, 0.2) is 54.7 Å². The molecule has 0 bridgehead atoms. The fraction of sp³-hybridized carbons (Fsp3) is 0.308. The Kier molecular flexibility index (Phi) is 6.86. The smallest absolute Gasteiger partial charge is 0.407 e. The number of ether oxygens (including phenoxy) is 1. The van der Waals surface area contributed by atoms with Gasteiger partial charge in [0.1, 0.15) is 12.6 Å². The van der Waals surface area contributed by atoms with E-state index in [0.717, 1.165) is 22.3 Å². The quantitative estimate of drug-likeness (QED) is 0.459. The second kappa shape index (κ2) is 10.0. The van der Waals surface area contributed by atoms with Crippen molar-refractivity contribution in [3.63, 3.8) is 0 Å². The van der Waals surface area contributed by atoms with Crippen molar-refractivity contribution < 1.29 is 24.2 Å². The minimum absolute atomic E-state index is 0.00462. The number of carbonyl (C=O) groups is 3. The molecule has 182 valence electrons. The average Bonchev–Trinajstić information content (AvgIpc) is 3.37. The van der Waals surface area contributed by atoms with E-state index in [-0.39, 0.29) is 30.6 Å². The van der Waals surface area contributed by atoms with Crippen molar-refractivity contribution in [3.8, 4) is 11.1 Å². The lowest BCUT2D eigenvalue weighted by atomic mass is 9.98. The number of amides is 2. The number of hydrogen-bond donors (Lipinski definition) is 3. The summed E-state index contributed by atoms with van der Waals surface area (Å²) in [6.45, 7) is 3.59. The van der Waals surface area contributed by atoms with E-state index in [2.05, 4.69) is 27.9 Å². The minimum Gasteiger partial charge on any atom is -0.480 e. The molecule has 0 radical (unpaired) electrons. The molecule has 35 heavy (non-hydrogen) atoms. The Labute approximate surface area is 203 Å². The van der Waals surface area contributed by atoms with Crippen molar-refractivity contribution in [2.24, 2.45) is 13.0 Å². The highest BCUT2D eigenvalue weighted by Gasteiger charge is 2.29. The van der Waals surface area contributed by atoms with Gasteiger partial charge in [-0.05, 0) is 28.2 Å². The molecule has 9 nitrogen and oxygen atoms in total. The van der Waals surface area contributed by atoms with Gasteiger partial charge in [-0.3, -0.25) is 9.48 Å². The van der Waals surface area contributed by atoms with Gasteiger partial charge < -0.3 is 20.5 Å². The van der Waals surface area contributed by atoms with Gasteiger partial charge in [-0.15, -0.1) is 0 Å². The second-order valence-electron chi connectivity index (χ2n) is 8.84. The highest BCUT2D eigenvalue weighted by atomic mass is 16.5. The Bertz CT molecular complexity index is 1220. The first-order chi connectivity index (χ1) is 16.8. The van der Waals surface area contributed by atoms with Crippen LogP contribution in [0.4, 0.5) is 4.79 Å². The molecule has 0 saturated carbocycles. The summed E-state index contributed by atoms with van der Waals surface area (Å²) in [6.07, 6.45) is 0.730. The Morgan fingerprint density at radius 1 is 1.06 bits per heavy atom. The first-order valence-electron chi connectivity index (χ1n) is 11.4. The summed E-state index contributed by atoms with van der Waals surface area (Å²) in [6, 6.07) is 15.1. The SMILES string of the molecule is CC(C)[C@@H](NC(=O)c1cnn(C)c1CNC(=O)OCC1c2ccccc2-c2ccccc21)C(=O)O. The van der Waals surface area contributed by atoms with Crippen molar-refractivity contribution in [1.29, 1.82) is 0 Å². The van der Waals surface area contributed by atoms with Crippen LogP contribution in [0.25, 0.3) is 11.1 Å². The number of carboxylic acids is 1. The van der Waals surface area contributed by atoms with Crippen LogP contribution in [0.2, 0.25) is 0 Å². The van der Waals surface area contributed by atoms with Crippen LogP contribution >= 0.6 is 0 Å². The zero-order valence-corrected chi connectivity index (χ0v) is 19.8. The molecule has 0 saturated heterocycles. The molecule has 1 aliphatic rings. The molecular weight excluding hydrogens is 448 g/mol. The number of benzene rings is 2. The van der Waals surface area contributed by atoms with E-state index in [1.165, 1.54) is 10.9 Å². The normalized spacial score (nSPS) is 13.1. The lowest BCUT2D eigenvalue weighted by Crippen LogP contribution is -2.44. The summed E-state index contributed by atoms with van der Waals surface area (Å²) in [5.41, 5.74) is 5.14. The maximum absolute atomic E-state index is 12.7. The molecule has 0 spiro atoms. The number of carbonyl (C=O) groups excluding carboxylic acids is 2. The third kappa shape index (κ3) is 4.89. The Hall–Kier alpha value is -4.14. The second-order valence-corrected chi connectivity index (χ2v) is 8.84. The molecular formula is C26H28N4O5. The highest BCUT2D eigenvalue weighted by Crippen LogP contribution is 2.44. The number of aryl methyl sites for hydroxylation is 1. The fourth-order valence-electron chi connectivity index (χ4n) is 4.40. The lowest BCUT2D eigenvalue weighted by Gasteiger charge is -2.18. The number of fused-ring (bicyclic) bond motifs is 3. The summed E-state index contributed by atoms with van der Waals surface area (Å²) in [5, 5.41) is 18.6. The molecule has 1 aromatic heterocycles. The topological polar surface area (TPSA) is 123 Å². The number of rotatable bonds is 8. The van der Waals surface area contributed by atoms with Gasteiger partial charge in [0.05, 0.1) is 24.0 Å². The Morgan fingerprint density at radius 2 is 1.66 bits per heavy atom. The van der Waals surface area contributed by atoms with E-state index in [4.69, 9.17) is 4.74 Å². The number of alkyl carbamates (subject to hydrolysis) is 1. The van der Waals surface area contributed by atoms with Gasteiger partial charge >= 0.3 is 12.1 Å². The maximum atomic E-state index is 12.7. The van der Waals surface area contributed by atoms with Gasteiger partial charge in [0.15, 0.2) is 0 Å². The molecule has 9 heteroatoms. The van der Waals surface area contributed by atoms with E-state index in [1.54, 1.807) is 20.9 Å². The molecule has 1 atom stereocenters. The standard InChI is InChI=1S/C26H28N4O5/c1-15(2)23(25(32)33)29-24(31)20-12-28-30(3)22(20)13-27-26(34)35-14-21-18-10-6-4-8-16(18)17-9-5-7-11-19(17)21/h4-12,15,21,23H,13-14H2,1-3H3,(H,27,34)(H,29,31)(H,32,33)/t23-/m1/s1. The molecule has 0 aliphatic heterocycles. The van der Waals surface area contributed by atoms with Gasteiger partial charge in [0.25, 0.3) is 5.91 Å². The van der Waals surface area contributed by atoms with Crippen LogP contribution in [-0.2, 0) is 23.1 Å². The van der Waals surface area contributed by atoms with Crippen LogP contribution in [0.3, 0.4) is 0 Å². The summed E-state index contributed by atoms with van der Waals surface area (Å²) < 4.78 is 7.01. The molecule has 0 unspecified atom stereocenters. The van der Waals surface area contributed by atoms with Crippen LogP contribution in [-0.4, -0.2) is 45.5 Å². The Morgan fingerprint density at radius 3 is 2.23 bits per heavy atom. The van der Waals surface area contributed by atoms with Crippen molar-refractivity contribution >= 4 is 18.0 Å². The predicted molar refractivity (Wildman–Crippen MR) is 129 cm³/mol. The van der Waals surface area contributed by atoms with E-state index < -0.39 is 24.0 Å². The molecule has 0 fully saturated rings. The summed E-state index contributed by atoms with van der Waals surface area (Å²) in [7, 11) is 1.64. The fourth-order valence-corrected chi connectivity index (χ4v) is 4.40. The van der Waals surface area contributed by atoms with Gasteiger partial charge in [-0.1, -0.05) is 62.4 Å². The summed E-state index contributed by atoms with van der Waals surface area (Å²) in [5.74, 6) is -2.04. The molecule has 3 aromatic rings. The predicted octanol–water partition coefficient (Wildman–Crippen LogP) is 3.30. The molecule has 2 aromatic carbocycles. The first kappa shape index (κ1) is 24.0. The average molecular weight is 477 g/mol. The number of carboxylic acid groups (broad SMARTS) is 1. The number of nitrogens with one attached hydrogen (secondary N) is 2. The zero-order valence-electron chi connectivity index (χ0n) is 19.8. The number of nitrogens with zero attached hydrogens (tertiary/aromatic N) is 2. The first-order valence-corrected chi connectivity index (χ1v) is 11.4. The van der Waals surface area contributed by atoms with E-state index in [0.29, 0.717) is 5.69 Å². The summed E-state index contributed by atoms with van der Waals surface area (Å²) in [4.78, 5) is 36.7. The zero-order chi connectivity index (χ0) is 25.1. The minimum atomic E-state index is -1.12. The van der Waals surface area contributed by atoms with Crippen LogP contribution in [0, 0.1) is 5.92 Å². The number of hydrogen-bond acceptors (Lipinski definition) is 5. The molecule has 1 heterocycles. The number of aliphatic carboxylic acids is 1. The maximum Gasteiger partial charge on any atom is 0.407 e. The van der Waals surface area contributed by atoms with Gasteiger partial charge in [-0.2, -0.15) is 5.10 Å². The van der Waals surface area contributed by atoms with Crippen molar-refractivity contribution in [3.05, 3.63) is 77.1 Å². The van der Waals surface area contributed by atoms with E-state index in [1.807, 2.05) is 36.4 Å². The highest BCUT2D eigenvalue weighted by molar-refractivity contribution is 5.97. The monoisotopic (exact) mass is 476 g/mol. The van der Waals surface area contributed by atoms with Crippen LogP contribution in [0.5, 0.6) is 0 Å². The Balaban J connectivity index is 1.39. The van der Waals surface area contributed by atoms with Crippen molar-refractivity contribution in [2.45, 2.75) is 32.4 Å². The largest absolute Gasteiger partial charge is 0.480 e. The number of aromatic nitrogens is 2. The third-order valence-corrected chi connectivity index (χ3v) is 6.27. The lowest BCUT2D eigenvalue weighted by molar-refractivity contribution is -0.140. The van der Waals surface area contributed by atoms with Gasteiger partial charge in [0, 0.05) is 13.0 Å².